The monoisotopic (exact) mass is 437 g/mol. The van der Waals surface area contributed by atoms with Crippen molar-refractivity contribution >= 4 is 0 Å². The molecule has 5 atom stereocenters. The highest BCUT2D eigenvalue weighted by atomic mass is 19.4. The van der Waals surface area contributed by atoms with E-state index in [9.17, 15) is 18.3 Å². The zero-order valence-electron chi connectivity index (χ0n) is 17.4. The number of fused-ring (bicyclic) bond motifs is 1. The minimum Gasteiger partial charge on any atom is -0.471 e. The van der Waals surface area contributed by atoms with Gasteiger partial charge in [-0.05, 0) is 38.3 Å². The number of aliphatic hydroxyl groups excluding tert-OH is 1. The summed E-state index contributed by atoms with van der Waals surface area (Å²) in [6, 6.07) is 13.0. The molecule has 0 spiro atoms. The largest absolute Gasteiger partial charge is 0.471 e. The van der Waals surface area contributed by atoms with Gasteiger partial charge in [0.1, 0.15) is 24.0 Å². The van der Waals surface area contributed by atoms with E-state index in [1.165, 1.54) is 12.1 Å². The first kappa shape index (κ1) is 22.0. The minimum absolute atomic E-state index is 0.115. The van der Waals surface area contributed by atoms with E-state index in [4.69, 9.17) is 14.2 Å². The molecule has 168 valence electrons. The van der Waals surface area contributed by atoms with E-state index in [1.54, 1.807) is 0 Å². The molecule has 0 aliphatic carbocycles. The topological polar surface area (TPSA) is 60.8 Å². The second-order valence-corrected chi connectivity index (χ2v) is 8.67. The molecule has 5 nitrogen and oxygen atoms in total. The van der Waals surface area contributed by atoms with Crippen LogP contribution < -0.4 is 4.74 Å². The van der Waals surface area contributed by atoms with Crippen molar-refractivity contribution in [2.75, 3.05) is 6.61 Å². The number of aromatic nitrogens is 1. The van der Waals surface area contributed by atoms with Gasteiger partial charge < -0.3 is 19.3 Å². The Morgan fingerprint density at radius 2 is 1.87 bits per heavy atom. The number of halogens is 3. The van der Waals surface area contributed by atoms with Crippen molar-refractivity contribution in [2.45, 2.75) is 62.9 Å². The van der Waals surface area contributed by atoms with Gasteiger partial charge in [0, 0.05) is 12.0 Å². The lowest BCUT2D eigenvalue weighted by Gasteiger charge is -2.51. The summed E-state index contributed by atoms with van der Waals surface area (Å²) in [5.74, 6) is -0.295. The molecular weight excluding hydrogens is 411 g/mol. The van der Waals surface area contributed by atoms with Crippen LogP contribution in [0.4, 0.5) is 13.2 Å². The zero-order chi connectivity index (χ0) is 22.2. The van der Waals surface area contributed by atoms with Gasteiger partial charge in [-0.25, -0.2) is 4.98 Å². The van der Waals surface area contributed by atoms with Gasteiger partial charge in [0.25, 0.3) is 0 Å². The third kappa shape index (κ3) is 4.71. The summed E-state index contributed by atoms with van der Waals surface area (Å²) in [7, 11) is 0. The Kier molecular flexibility index (Phi) is 5.98. The molecule has 2 aliphatic rings. The van der Waals surface area contributed by atoms with E-state index in [1.807, 2.05) is 44.2 Å². The predicted octanol–water partition coefficient (Wildman–Crippen LogP) is 4.55. The Morgan fingerprint density at radius 3 is 2.55 bits per heavy atom. The van der Waals surface area contributed by atoms with E-state index < -0.39 is 41.9 Å². The molecule has 1 N–H and O–H groups in total. The molecule has 0 amide bonds. The van der Waals surface area contributed by atoms with Crippen LogP contribution in [-0.2, 0) is 15.7 Å². The molecule has 0 unspecified atom stereocenters. The highest BCUT2D eigenvalue weighted by Gasteiger charge is 2.52. The number of rotatable bonds is 4. The first-order valence-electron chi connectivity index (χ1n) is 10.4. The molecule has 0 bridgehead atoms. The highest BCUT2D eigenvalue weighted by molar-refractivity contribution is 5.23. The Hall–Kier alpha value is -2.16. The maximum absolute atomic E-state index is 13.1. The van der Waals surface area contributed by atoms with Crippen LogP contribution in [0.15, 0.2) is 48.5 Å². The van der Waals surface area contributed by atoms with E-state index in [0.717, 1.165) is 24.5 Å². The van der Waals surface area contributed by atoms with Crippen molar-refractivity contribution in [3.05, 3.63) is 59.8 Å². The number of alkyl halides is 3. The van der Waals surface area contributed by atoms with Crippen LogP contribution in [0, 0.1) is 5.92 Å². The Balaban J connectivity index is 1.70. The molecular formula is C23H26F3NO4. The number of benzene rings is 1. The molecule has 2 fully saturated rings. The minimum atomic E-state index is -4.57. The van der Waals surface area contributed by atoms with Crippen molar-refractivity contribution in [3.8, 4) is 5.88 Å². The van der Waals surface area contributed by atoms with Gasteiger partial charge >= 0.3 is 6.18 Å². The van der Waals surface area contributed by atoms with Crippen LogP contribution >= 0.6 is 0 Å². The van der Waals surface area contributed by atoms with Crippen LogP contribution in [-0.4, -0.2) is 40.6 Å². The molecule has 0 saturated carbocycles. The number of pyridine rings is 1. The number of hydrogen-bond donors (Lipinski definition) is 1. The van der Waals surface area contributed by atoms with Crippen molar-refractivity contribution in [1.82, 2.24) is 4.98 Å². The lowest BCUT2D eigenvalue weighted by Crippen LogP contribution is -2.59. The van der Waals surface area contributed by atoms with E-state index in [0.29, 0.717) is 0 Å². The molecule has 2 saturated heterocycles. The first-order chi connectivity index (χ1) is 14.7. The number of nitrogens with zero attached hydrogens (tertiary/aromatic N) is 1. The van der Waals surface area contributed by atoms with Crippen molar-refractivity contribution in [2.24, 2.45) is 5.92 Å². The molecule has 8 heteroatoms. The van der Waals surface area contributed by atoms with Crippen LogP contribution in [0.3, 0.4) is 0 Å². The van der Waals surface area contributed by atoms with E-state index in [2.05, 4.69) is 4.98 Å². The fraction of sp³-hybridized carbons (Fsp3) is 0.522. The predicted molar refractivity (Wildman–Crippen MR) is 106 cm³/mol. The van der Waals surface area contributed by atoms with Crippen molar-refractivity contribution in [1.29, 1.82) is 0 Å². The van der Waals surface area contributed by atoms with Gasteiger partial charge in [-0.2, -0.15) is 13.2 Å². The summed E-state index contributed by atoms with van der Waals surface area (Å²) in [5, 5.41) is 9.98. The average Bonchev–Trinajstić information content (AvgIpc) is 2.73. The summed E-state index contributed by atoms with van der Waals surface area (Å²) in [5.41, 5.74) is -0.582. The second-order valence-electron chi connectivity index (χ2n) is 8.67. The molecule has 4 rings (SSSR count). The second kappa shape index (κ2) is 8.41. The molecule has 1 aromatic carbocycles. The SMILES string of the molecule is CC1(C)CC[C@@H]2[C@@H](Oc3cccc(C(F)(F)F)n3)[C@@H](c3ccccc3)O[C@H](CO)[C@@H]2O1. The summed E-state index contributed by atoms with van der Waals surface area (Å²) >= 11 is 0. The smallest absolute Gasteiger partial charge is 0.433 e. The van der Waals surface area contributed by atoms with Crippen LogP contribution in [0.1, 0.15) is 44.1 Å². The Morgan fingerprint density at radius 1 is 1.13 bits per heavy atom. The highest BCUT2D eigenvalue weighted by Crippen LogP contribution is 2.46. The van der Waals surface area contributed by atoms with Crippen LogP contribution in [0.25, 0.3) is 0 Å². The molecule has 2 aliphatic heterocycles. The fourth-order valence-electron chi connectivity index (χ4n) is 4.45. The number of ether oxygens (including phenoxy) is 3. The van der Waals surface area contributed by atoms with Gasteiger partial charge in [0.15, 0.2) is 0 Å². The molecule has 3 heterocycles. The Labute approximate surface area is 179 Å². The third-order valence-corrected chi connectivity index (χ3v) is 5.94. The Bertz CT molecular complexity index is 890. The summed E-state index contributed by atoms with van der Waals surface area (Å²) in [4.78, 5) is 3.68. The standard InChI is InChI=1S/C23H26F3NO4/c1-22(2)12-11-15-20(31-22)16(13-28)29-19(14-7-4-3-5-8-14)21(15)30-18-10-6-9-17(27-18)23(24,25)26/h3-10,15-16,19-21,28H,11-13H2,1-2H3/t15-,16+,19+,20+,21+/m0/s1. The summed E-state index contributed by atoms with van der Waals surface area (Å²) < 4.78 is 58.0. The van der Waals surface area contributed by atoms with Gasteiger partial charge in [-0.3, -0.25) is 0 Å². The van der Waals surface area contributed by atoms with E-state index in [-0.39, 0.29) is 18.4 Å². The zero-order valence-corrected chi connectivity index (χ0v) is 17.4. The summed E-state index contributed by atoms with van der Waals surface area (Å²) in [6.07, 6.45) is -5.30. The van der Waals surface area contributed by atoms with Gasteiger partial charge in [-0.15, -0.1) is 0 Å². The number of aliphatic hydroxyl groups is 1. The van der Waals surface area contributed by atoms with Crippen LogP contribution in [0.2, 0.25) is 0 Å². The molecule has 2 aromatic rings. The molecule has 31 heavy (non-hydrogen) atoms. The average molecular weight is 437 g/mol. The lowest BCUT2D eigenvalue weighted by atomic mass is 9.76. The van der Waals surface area contributed by atoms with Gasteiger partial charge in [0.2, 0.25) is 5.88 Å². The summed E-state index contributed by atoms with van der Waals surface area (Å²) in [6.45, 7) is 3.73. The van der Waals surface area contributed by atoms with Crippen LogP contribution in [0.5, 0.6) is 5.88 Å². The maximum Gasteiger partial charge on any atom is 0.433 e. The van der Waals surface area contributed by atoms with E-state index >= 15 is 0 Å². The normalized spacial score (nSPS) is 30.5. The fourth-order valence-corrected chi connectivity index (χ4v) is 4.45. The number of hydrogen-bond acceptors (Lipinski definition) is 5. The first-order valence-corrected chi connectivity index (χ1v) is 10.4. The van der Waals surface area contributed by atoms with Crippen molar-refractivity contribution in [3.63, 3.8) is 0 Å². The van der Waals surface area contributed by atoms with Crippen molar-refractivity contribution < 1.29 is 32.5 Å². The van der Waals surface area contributed by atoms with Gasteiger partial charge in [-0.1, -0.05) is 36.4 Å². The quantitative estimate of drug-likeness (QED) is 0.760. The lowest BCUT2D eigenvalue weighted by molar-refractivity contribution is -0.265. The maximum atomic E-state index is 13.1. The third-order valence-electron chi connectivity index (χ3n) is 5.94. The van der Waals surface area contributed by atoms with Gasteiger partial charge in [0.05, 0.1) is 18.3 Å². The molecule has 1 aromatic heterocycles. The molecule has 0 radical (unpaired) electrons.